The van der Waals surface area contributed by atoms with Crippen molar-refractivity contribution in [1.29, 1.82) is 0 Å². The second kappa shape index (κ2) is 6.28. The molecule has 1 heterocycles. The van der Waals surface area contributed by atoms with E-state index in [2.05, 4.69) is 5.32 Å². The largest absolute Gasteiger partial charge is 0.481 e. The highest BCUT2D eigenvalue weighted by atomic mass is 16.4. The van der Waals surface area contributed by atoms with Crippen molar-refractivity contribution in [3.63, 3.8) is 0 Å². The van der Waals surface area contributed by atoms with E-state index < -0.39 is 17.8 Å². The average Bonchev–Trinajstić information content (AvgIpc) is 2.99. The highest BCUT2D eigenvalue weighted by molar-refractivity contribution is 5.85. The van der Waals surface area contributed by atoms with E-state index in [1.165, 1.54) is 0 Å². The molecule has 3 unspecified atom stereocenters. The number of amides is 1. The quantitative estimate of drug-likeness (QED) is 0.849. The van der Waals surface area contributed by atoms with Gasteiger partial charge in [-0.15, -0.1) is 0 Å². The van der Waals surface area contributed by atoms with E-state index in [4.69, 9.17) is 4.42 Å². The second-order valence-corrected chi connectivity index (χ2v) is 5.91. The van der Waals surface area contributed by atoms with E-state index in [-0.39, 0.29) is 11.9 Å². The topological polar surface area (TPSA) is 79.5 Å². The van der Waals surface area contributed by atoms with Crippen molar-refractivity contribution in [3.05, 3.63) is 48.2 Å². The zero-order chi connectivity index (χ0) is 16.4. The summed E-state index contributed by atoms with van der Waals surface area (Å²) >= 11 is 0. The number of hydrogen-bond acceptors (Lipinski definition) is 3. The van der Waals surface area contributed by atoms with Crippen molar-refractivity contribution in [2.75, 3.05) is 0 Å². The summed E-state index contributed by atoms with van der Waals surface area (Å²) < 4.78 is 5.75. The Hall–Kier alpha value is -2.56. The lowest BCUT2D eigenvalue weighted by Crippen LogP contribution is -2.39. The van der Waals surface area contributed by atoms with E-state index in [1.54, 1.807) is 0 Å². The predicted octanol–water partition coefficient (Wildman–Crippen LogP) is 3.28. The molecule has 2 N–H and O–H groups in total. The first-order chi connectivity index (χ1) is 11.1. The van der Waals surface area contributed by atoms with Gasteiger partial charge in [-0.1, -0.05) is 30.4 Å². The van der Waals surface area contributed by atoms with Gasteiger partial charge in [-0.25, -0.2) is 0 Å². The van der Waals surface area contributed by atoms with Crippen molar-refractivity contribution in [2.24, 2.45) is 11.8 Å². The first-order valence-corrected chi connectivity index (χ1v) is 7.73. The van der Waals surface area contributed by atoms with Crippen LogP contribution in [-0.2, 0) is 9.59 Å². The Morgan fingerprint density at radius 3 is 2.61 bits per heavy atom. The van der Waals surface area contributed by atoms with Crippen LogP contribution in [0.5, 0.6) is 0 Å². The van der Waals surface area contributed by atoms with E-state index in [0.717, 1.165) is 11.0 Å². The number of rotatable bonds is 4. The summed E-state index contributed by atoms with van der Waals surface area (Å²) in [5, 5.41) is 13.1. The number of nitrogens with one attached hydrogen (secondary N) is 1. The van der Waals surface area contributed by atoms with Gasteiger partial charge in [0.05, 0.1) is 17.9 Å². The normalized spacial score (nSPS) is 22.0. The van der Waals surface area contributed by atoms with Gasteiger partial charge in [-0.05, 0) is 31.9 Å². The maximum absolute atomic E-state index is 12.5. The maximum atomic E-state index is 12.5. The van der Waals surface area contributed by atoms with Crippen LogP contribution in [0.1, 0.15) is 31.6 Å². The molecule has 0 fully saturated rings. The van der Waals surface area contributed by atoms with Gasteiger partial charge in [0.15, 0.2) is 0 Å². The minimum atomic E-state index is -0.925. The molecule has 1 aliphatic carbocycles. The molecule has 1 aromatic carbocycles. The van der Waals surface area contributed by atoms with Crippen molar-refractivity contribution < 1.29 is 19.1 Å². The Morgan fingerprint density at radius 2 is 1.91 bits per heavy atom. The number of carbonyl (C=O) groups excluding carboxylic acids is 1. The number of hydrogen-bond donors (Lipinski definition) is 2. The summed E-state index contributed by atoms with van der Waals surface area (Å²) in [6, 6.07) is 9.23. The molecule has 3 atom stereocenters. The fraction of sp³-hybridized carbons (Fsp3) is 0.333. The number of aliphatic carboxylic acids is 1. The van der Waals surface area contributed by atoms with Gasteiger partial charge in [0, 0.05) is 5.39 Å². The van der Waals surface area contributed by atoms with Crippen molar-refractivity contribution in [3.8, 4) is 0 Å². The number of para-hydroxylation sites is 1. The first-order valence-electron chi connectivity index (χ1n) is 7.73. The summed E-state index contributed by atoms with van der Waals surface area (Å²) in [5.41, 5.74) is 0.771. The van der Waals surface area contributed by atoms with Crippen LogP contribution in [0.2, 0.25) is 0 Å². The Labute approximate surface area is 134 Å². The summed E-state index contributed by atoms with van der Waals surface area (Å²) in [6.45, 7) is 1.84. The number of carboxylic acid groups (broad SMARTS) is 1. The average molecular weight is 313 g/mol. The van der Waals surface area contributed by atoms with E-state index in [0.29, 0.717) is 18.6 Å². The monoisotopic (exact) mass is 313 g/mol. The fourth-order valence-corrected chi connectivity index (χ4v) is 2.98. The summed E-state index contributed by atoms with van der Waals surface area (Å²) in [4.78, 5) is 23.8. The molecule has 1 amide bonds. The van der Waals surface area contributed by atoms with Gasteiger partial charge in [0.1, 0.15) is 11.3 Å². The molecular formula is C18H19NO4. The second-order valence-electron chi connectivity index (χ2n) is 5.91. The lowest BCUT2D eigenvalue weighted by Gasteiger charge is -2.25. The van der Waals surface area contributed by atoms with Crippen LogP contribution in [0.25, 0.3) is 11.0 Å². The van der Waals surface area contributed by atoms with Gasteiger partial charge in [0.2, 0.25) is 5.91 Å². The maximum Gasteiger partial charge on any atom is 0.307 e. The molecule has 0 bridgehead atoms. The third kappa shape index (κ3) is 3.13. The minimum absolute atomic E-state index is 0.241. The Balaban J connectivity index is 1.73. The molecule has 120 valence electrons. The number of carboxylic acids is 1. The molecule has 2 aromatic rings. The number of furan rings is 1. The molecule has 3 rings (SSSR count). The van der Waals surface area contributed by atoms with Crippen molar-refractivity contribution >= 4 is 22.8 Å². The van der Waals surface area contributed by atoms with Crippen LogP contribution in [-0.4, -0.2) is 17.0 Å². The molecule has 23 heavy (non-hydrogen) atoms. The fourth-order valence-electron chi connectivity index (χ4n) is 2.98. The smallest absolute Gasteiger partial charge is 0.307 e. The molecule has 5 heteroatoms. The zero-order valence-electron chi connectivity index (χ0n) is 12.9. The van der Waals surface area contributed by atoms with Gasteiger partial charge < -0.3 is 14.8 Å². The van der Waals surface area contributed by atoms with Crippen LogP contribution < -0.4 is 5.32 Å². The van der Waals surface area contributed by atoms with E-state index in [9.17, 15) is 14.7 Å². The molecular weight excluding hydrogens is 294 g/mol. The number of benzene rings is 1. The lowest BCUT2D eigenvalue weighted by atomic mass is 9.82. The highest BCUT2D eigenvalue weighted by Gasteiger charge is 2.34. The zero-order valence-corrected chi connectivity index (χ0v) is 12.9. The van der Waals surface area contributed by atoms with E-state index >= 15 is 0 Å². The lowest BCUT2D eigenvalue weighted by molar-refractivity contribution is -0.147. The Morgan fingerprint density at radius 1 is 1.22 bits per heavy atom. The van der Waals surface area contributed by atoms with Gasteiger partial charge in [0.25, 0.3) is 0 Å². The number of fused-ring (bicyclic) bond motifs is 1. The minimum Gasteiger partial charge on any atom is -0.481 e. The van der Waals surface area contributed by atoms with Crippen LogP contribution in [0.15, 0.2) is 46.9 Å². The number of carbonyl (C=O) groups is 2. The SMILES string of the molecule is CC(NC(=O)C1CC=CCC1C(=O)O)c1cc2ccccc2o1. The molecule has 0 aliphatic heterocycles. The van der Waals surface area contributed by atoms with Crippen molar-refractivity contribution in [2.45, 2.75) is 25.8 Å². The highest BCUT2D eigenvalue weighted by Crippen LogP contribution is 2.28. The van der Waals surface area contributed by atoms with Gasteiger partial charge >= 0.3 is 5.97 Å². The van der Waals surface area contributed by atoms with Gasteiger partial charge in [-0.2, -0.15) is 0 Å². The molecule has 0 radical (unpaired) electrons. The predicted molar refractivity (Wildman–Crippen MR) is 85.8 cm³/mol. The van der Waals surface area contributed by atoms with E-state index in [1.807, 2.05) is 49.4 Å². The summed E-state index contributed by atoms with van der Waals surface area (Å²) in [5.74, 6) is -1.70. The number of allylic oxidation sites excluding steroid dienone is 2. The third-order valence-electron chi connectivity index (χ3n) is 4.32. The molecule has 0 spiro atoms. The molecule has 0 saturated heterocycles. The van der Waals surface area contributed by atoms with Crippen LogP contribution in [0.4, 0.5) is 0 Å². The molecule has 1 aromatic heterocycles. The Kier molecular flexibility index (Phi) is 4.19. The van der Waals surface area contributed by atoms with Crippen LogP contribution in [0.3, 0.4) is 0 Å². The Bertz CT molecular complexity index is 728. The van der Waals surface area contributed by atoms with Gasteiger partial charge in [-0.3, -0.25) is 9.59 Å². The van der Waals surface area contributed by atoms with Crippen LogP contribution >= 0.6 is 0 Å². The molecule has 5 nitrogen and oxygen atoms in total. The summed E-state index contributed by atoms with van der Waals surface area (Å²) in [7, 11) is 0. The van der Waals surface area contributed by atoms with Crippen LogP contribution in [0, 0.1) is 11.8 Å². The standard InChI is InChI=1S/C18H19NO4/c1-11(16-10-12-6-2-5-9-15(12)23-16)19-17(20)13-7-3-4-8-14(13)18(21)22/h2-6,9-11,13-14H,7-8H2,1H3,(H,19,20)(H,21,22). The summed E-state index contributed by atoms with van der Waals surface area (Å²) in [6.07, 6.45) is 4.54. The third-order valence-corrected chi connectivity index (χ3v) is 4.32. The molecule has 0 saturated carbocycles. The first kappa shape index (κ1) is 15.3. The molecule has 1 aliphatic rings. The van der Waals surface area contributed by atoms with Crippen molar-refractivity contribution in [1.82, 2.24) is 5.32 Å².